The normalized spacial score (nSPS) is 13.5. The molecule has 0 bridgehead atoms. The molecule has 0 atom stereocenters. The van der Waals surface area contributed by atoms with Crippen molar-refractivity contribution in [3.63, 3.8) is 0 Å². The van der Waals surface area contributed by atoms with Crippen LogP contribution in [0.3, 0.4) is 0 Å². The number of carbonyl (C=O) groups is 1. The molecular formula is C19H18F3NO2. The molecule has 3 rings (SSSR count). The minimum atomic E-state index is -0.946. The van der Waals surface area contributed by atoms with Crippen LogP contribution in [0, 0.1) is 17.5 Å². The Morgan fingerprint density at radius 2 is 1.80 bits per heavy atom. The number of hydrogen-bond donors (Lipinski definition) is 0. The number of rotatable bonds is 5. The quantitative estimate of drug-likeness (QED) is 0.756. The smallest absolute Gasteiger partial charge is 0.227 e. The molecule has 0 aromatic heterocycles. The molecule has 6 heteroatoms. The fourth-order valence-corrected chi connectivity index (χ4v) is 2.92. The first-order valence-corrected chi connectivity index (χ1v) is 8.21. The van der Waals surface area contributed by atoms with Crippen molar-refractivity contribution in [3.05, 3.63) is 59.4 Å². The highest BCUT2D eigenvalue weighted by molar-refractivity contribution is 5.94. The summed E-state index contributed by atoms with van der Waals surface area (Å²) in [5.74, 6) is -1.78. The minimum absolute atomic E-state index is 0.144. The first kappa shape index (κ1) is 17.3. The zero-order chi connectivity index (χ0) is 17.8. The largest absolute Gasteiger partial charge is 0.494 e. The van der Waals surface area contributed by atoms with Crippen molar-refractivity contribution < 1.29 is 22.7 Å². The van der Waals surface area contributed by atoms with Crippen LogP contribution < -0.4 is 9.64 Å². The standard InChI is InChI=1S/C19H18F3NO2/c20-14-5-7-15(8-6-14)25-10-2-4-19(24)23-9-1-3-13-11-16(21)17(22)12-18(13)23/h5-8,11-12H,1-4,9-10H2. The Hall–Kier alpha value is -2.50. The summed E-state index contributed by atoms with van der Waals surface area (Å²) in [6.45, 7) is 0.811. The van der Waals surface area contributed by atoms with Crippen LogP contribution in [0.1, 0.15) is 24.8 Å². The first-order valence-electron chi connectivity index (χ1n) is 8.21. The molecule has 0 unspecified atom stereocenters. The number of carbonyl (C=O) groups excluding carboxylic acids is 1. The van der Waals surface area contributed by atoms with Crippen LogP contribution in [0.2, 0.25) is 0 Å². The Morgan fingerprint density at radius 1 is 1.08 bits per heavy atom. The van der Waals surface area contributed by atoms with E-state index in [0.29, 0.717) is 43.0 Å². The number of anilines is 1. The van der Waals surface area contributed by atoms with E-state index in [9.17, 15) is 18.0 Å². The molecular weight excluding hydrogens is 331 g/mol. The third kappa shape index (κ3) is 4.13. The lowest BCUT2D eigenvalue weighted by molar-refractivity contribution is -0.118. The molecule has 0 radical (unpaired) electrons. The maximum absolute atomic E-state index is 13.5. The van der Waals surface area contributed by atoms with E-state index in [1.54, 1.807) is 0 Å². The zero-order valence-electron chi connectivity index (χ0n) is 13.6. The number of benzene rings is 2. The van der Waals surface area contributed by atoms with Gasteiger partial charge in [-0.05, 0) is 55.2 Å². The third-order valence-electron chi connectivity index (χ3n) is 4.16. The van der Waals surface area contributed by atoms with E-state index in [1.165, 1.54) is 35.2 Å². The fourth-order valence-electron chi connectivity index (χ4n) is 2.92. The van der Waals surface area contributed by atoms with Crippen LogP contribution in [0.25, 0.3) is 0 Å². The zero-order valence-corrected chi connectivity index (χ0v) is 13.6. The van der Waals surface area contributed by atoms with Crippen molar-refractivity contribution in [2.45, 2.75) is 25.7 Å². The number of nitrogens with zero attached hydrogens (tertiary/aromatic N) is 1. The van der Waals surface area contributed by atoms with Gasteiger partial charge in [0.05, 0.1) is 6.61 Å². The Labute approximate surface area is 144 Å². The predicted octanol–water partition coefficient (Wildman–Crippen LogP) is 4.24. The second-order valence-electron chi connectivity index (χ2n) is 5.95. The molecule has 3 nitrogen and oxygen atoms in total. The molecule has 1 heterocycles. The van der Waals surface area contributed by atoms with E-state index in [1.807, 2.05) is 0 Å². The average molecular weight is 349 g/mol. The van der Waals surface area contributed by atoms with Gasteiger partial charge in [-0.2, -0.15) is 0 Å². The predicted molar refractivity (Wildman–Crippen MR) is 88.2 cm³/mol. The number of amides is 1. The lowest BCUT2D eigenvalue weighted by Gasteiger charge is -2.29. The average Bonchev–Trinajstić information content (AvgIpc) is 2.60. The summed E-state index contributed by atoms with van der Waals surface area (Å²) in [7, 11) is 0. The third-order valence-corrected chi connectivity index (χ3v) is 4.16. The molecule has 0 saturated carbocycles. The summed E-state index contributed by atoms with van der Waals surface area (Å²) in [6, 6.07) is 7.92. The van der Waals surface area contributed by atoms with Crippen molar-refractivity contribution in [3.8, 4) is 5.75 Å². The van der Waals surface area contributed by atoms with Crippen molar-refractivity contribution >= 4 is 11.6 Å². The molecule has 2 aromatic rings. The van der Waals surface area contributed by atoms with Gasteiger partial charge in [0.15, 0.2) is 11.6 Å². The molecule has 1 amide bonds. The Balaban J connectivity index is 1.55. The molecule has 25 heavy (non-hydrogen) atoms. The van der Waals surface area contributed by atoms with Crippen LogP contribution in [0.15, 0.2) is 36.4 Å². The highest BCUT2D eigenvalue weighted by Gasteiger charge is 2.24. The van der Waals surface area contributed by atoms with Gasteiger partial charge in [0.1, 0.15) is 11.6 Å². The van der Waals surface area contributed by atoms with E-state index >= 15 is 0 Å². The molecule has 0 N–H and O–H groups in total. The first-order chi connectivity index (χ1) is 12.0. The molecule has 1 aliphatic heterocycles. The van der Waals surface area contributed by atoms with Crippen molar-refractivity contribution in [2.24, 2.45) is 0 Å². The lowest BCUT2D eigenvalue weighted by Crippen LogP contribution is -2.35. The van der Waals surface area contributed by atoms with Crippen molar-refractivity contribution in [2.75, 3.05) is 18.1 Å². The summed E-state index contributed by atoms with van der Waals surface area (Å²) >= 11 is 0. The fraction of sp³-hybridized carbons (Fsp3) is 0.316. The molecule has 0 spiro atoms. The summed E-state index contributed by atoms with van der Waals surface area (Å²) in [4.78, 5) is 13.9. The van der Waals surface area contributed by atoms with Gasteiger partial charge in [-0.1, -0.05) is 0 Å². The molecule has 132 valence electrons. The minimum Gasteiger partial charge on any atom is -0.494 e. The van der Waals surface area contributed by atoms with Crippen molar-refractivity contribution in [1.29, 1.82) is 0 Å². The number of halogens is 3. The van der Waals surface area contributed by atoms with Gasteiger partial charge in [-0.25, -0.2) is 13.2 Å². The van der Waals surface area contributed by atoms with E-state index in [-0.39, 0.29) is 18.1 Å². The van der Waals surface area contributed by atoms with Gasteiger partial charge in [0.2, 0.25) is 5.91 Å². The van der Waals surface area contributed by atoms with Crippen LogP contribution in [-0.4, -0.2) is 19.1 Å². The highest BCUT2D eigenvalue weighted by atomic mass is 19.2. The SMILES string of the molecule is O=C(CCCOc1ccc(F)cc1)N1CCCc2cc(F)c(F)cc21. The molecule has 0 fully saturated rings. The van der Waals surface area contributed by atoms with Crippen LogP contribution in [0.4, 0.5) is 18.9 Å². The van der Waals surface area contributed by atoms with Crippen LogP contribution >= 0.6 is 0 Å². The van der Waals surface area contributed by atoms with E-state index in [4.69, 9.17) is 4.74 Å². The van der Waals surface area contributed by atoms with E-state index in [2.05, 4.69) is 0 Å². The van der Waals surface area contributed by atoms with Gasteiger partial charge < -0.3 is 9.64 Å². The van der Waals surface area contributed by atoms with Crippen LogP contribution in [0.5, 0.6) is 5.75 Å². The Morgan fingerprint density at radius 3 is 2.56 bits per heavy atom. The second-order valence-corrected chi connectivity index (χ2v) is 5.95. The molecule has 0 aliphatic carbocycles. The lowest BCUT2D eigenvalue weighted by atomic mass is 10.0. The van der Waals surface area contributed by atoms with E-state index in [0.717, 1.165) is 12.5 Å². The van der Waals surface area contributed by atoms with Crippen molar-refractivity contribution in [1.82, 2.24) is 0 Å². The monoisotopic (exact) mass is 349 g/mol. The van der Waals surface area contributed by atoms with Gasteiger partial charge in [0.25, 0.3) is 0 Å². The van der Waals surface area contributed by atoms with Crippen LogP contribution in [-0.2, 0) is 11.2 Å². The maximum Gasteiger partial charge on any atom is 0.227 e. The second kappa shape index (κ2) is 7.59. The number of hydrogen-bond acceptors (Lipinski definition) is 2. The Bertz CT molecular complexity index is 762. The highest BCUT2D eigenvalue weighted by Crippen LogP contribution is 2.30. The summed E-state index contributed by atoms with van der Waals surface area (Å²) < 4.78 is 45.1. The van der Waals surface area contributed by atoms with E-state index < -0.39 is 11.6 Å². The number of aryl methyl sites for hydroxylation is 1. The molecule has 1 aliphatic rings. The number of fused-ring (bicyclic) bond motifs is 1. The van der Waals surface area contributed by atoms with Gasteiger partial charge in [0, 0.05) is 24.7 Å². The summed E-state index contributed by atoms with van der Waals surface area (Å²) in [5, 5.41) is 0. The maximum atomic E-state index is 13.5. The molecule has 0 saturated heterocycles. The van der Waals surface area contributed by atoms with Gasteiger partial charge in [-0.15, -0.1) is 0 Å². The topological polar surface area (TPSA) is 29.5 Å². The van der Waals surface area contributed by atoms with Gasteiger partial charge in [-0.3, -0.25) is 4.79 Å². The van der Waals surface area contributed by atoms with Gasteiger partial charge >= 0.3 is 0 Å². The molecule has 2 aromatic carbocycles. The Kier molecular flexibility index (Phi) is 5.26. The summed E-state index contributed by atoms with van der Waals surface area (Å²) in [5.41, 5.74) is 1.11. The summed E-state index contributed by atoms with van der Waals surface area (Å²) in [6.07, 6.45) is 2.06. The number of ether oxygens (including phenoxy) is 1.